The molecule has 1 heterocycles. The number of aromatic nitrogens is 1. The van der Waals surface area contributed by atoms with Crippen LogP contribution < -0.4 is 5.32 Å². The van der Waals surface area contributed by atoms with E-state index in [1.807, 2.05) is 0 Å². The van der Waals surface area contributed by atoms with Crippen LogP contribution in [0.4, 0.5) is 0 Å². The molecule has 0 spiro atoms. The summed E-state index contributed by atoms with van der Waals surface area (Å²) in [5.41, 5.74) is 2.00. The Morgan fingerprint density at radius 3 is 2.53 bits per heavy atom. The van der Waals surface area contributed by atoms with Crippen molar-refractivity contribution < 1.29 is 0 Å². The summed E-state index contributed by atoms with van der Waals surface area (Å²) < 4.78 is 0. The van der Waals surface area contributed by atoms with Crippen LogP contribution in [0, 0.1) is 12.3 Å². The van der Waals surface area contributed by atoms with E-state index in [9.17, 15) is 0 Å². The van der Waals surface area contributed by atoms with Gasteiger partial charge in [-0.2, -0.15) is 0 Å². The maximum absolute atomic E-state index is 4.61. The van der Waals surface area contributed by atoms with Gasteiger partial charge >= 0.3 is 0 Å². The number of nitrogens with zero attached hydrogens (tertiary/aromatic N) is 1. The molecule has 3 heteroatoms. The Kier molecular flexibility index (Phi) is 3.60. The molecule has 2 rings (SSSR count). The average Bonchev–Trinajstić information content (AvgIpc) is 2.54. The maximum Gasteiger partial charge on any atom is 0.0897 e. The molecule has 1 aromatic rings. The highest BCUT2D eigenvalue weighted by molar-refractivity contribution is 7.09. The summed E-state index contributed by atoms with van der Waals surface area (Å²) in [4.78, 5) is 4.61. The molecule has 0 aromatic carbocycles. The van der Waals surface area contributed by atoms with Gasteiger partial charge in [0.25, 0.3) is 0 Å². The average molecular weight is 252 g/mol. The molecule has 2 nitrogen and oxygen atoms in total. The summed E-state index contributed by atoms with van der Waals surface area (Å²) in [6.07, 6.45) is 5.24. The first-order valence-electron chi connectivity index (χ1n) is 6.55. The third kappa shape index (κ3) is 3.52. The molecule has 1 saturated carbocycles. The van der Waals surface area contributed by atoms with E-state index < -0.39 is 0 Å². The zero-order valence-electron chi connectivity index (χ0n) is 11.5. The van der Waals surface area contributed by atoms with Gasteiger partial charge < -0.3 is 5.32 Å². The van der Waals surface area contributed by atoms with Crippen LogP contribution in [0.25, 0.3) is 0 Å². The first kappa shape index (κ1) is 13.0. The van der Waals surface area contributed by atoms with E-state index >= 15 is 0 Å². The van der Waals surface area contributed by atoms with E-state index in [-0.39, 0.29) is 5.54 Å². The van der Waals surface area contributed by atoms with Gasteiger partial charge in [-0.15, -0.1) is 11.3 Å². The Morgan fingerprint density at radius 2 is 2.12 bits per heavy atom. The van der Waals surface area contributed by atoms with Crippen molar-refractivity contribution >= 4 is 11.3 Å². The van der Waals surface area contributed by atoms with Gasteiger partial charge in [0.2, 0.25) is 0 Å². The zero-order valence-corrected chi connectivity index (χ0v) is 12.3. The second-order valence-corrected chi connectivity index (χ2v) is 7.55. The van der Waals surface area contributed by atoms with Gasteiger partial charge in [-0.25, -0.2) is 4.98 Å². The number of thiazole rings is 1. The van der Waals surface area contributed by atoms with E-state index in [1.54, 1.807) is 11.3 Å². The lowest BCUT2D eigenvalue weighted by Crippen LogP contribution is -2.48. The van der Waals surface area contributed by atoms with Gasteiger partial charge in [-0.3, -0.25) is 0 Å². The Labute approximate surface area is 109 Å². The van der Waals surface area contributed by atoms with Gasteiger partial charge in [0, 0.05) is 17.5 Å². The SMILES string of the molecule is Cc1nc(CC2(CNC(C)(C)C)CCC2)cs1. The monoisotopic (exact) mass is 252 g/mol. The molecule has 0 saturated heterocycles. The van der Waals surface area contributed by atoms with Crippen molar-refractivity contribution in [2.75, 3.05) is 6.54 Å². The van der Waals surface area contributed by atoms with Crippen molar-refractivity contribution in [3.8, 4) is 0 Å². The number of aryl methyl sites for hydroxylation is 1. The molecular weight excluding hydrogens is 228 g/mol. The fourth-order valence-corrected chi connectivity index (χ4v) is 3.03. The molecule has 1 aromatic heterocycles. The highest BCUT2D eigenvalue weighted by Crippen LogP contribution is 2.43. The first-order chi connectivity index (χ1) is 7.89. The summed E-state index contributed by atoms with van der Waals surface area (Å²) in [7, 11) is 0. The van der Waals surface area contributed by atoms with Crippen LogP contribution in [-0.2, 0) is 6.42 Å². The van der Waals surface area contributed by atoms with Crippen LogP contribution in [-0.4, -0.2) is 17.1 Å². The Morgan fingerprint density at radius 1 is 1.41 bits per heavy atom. The van der Waals surface area contributed by atoms with Gasteiger partial charge in [-0.05, 0) is 52.4 Å². The predicted molar refractivity (Wildman–Crippen MR) is 74.6 cm³/mol. The van der Waals surface area contributed by atoms with Crippen molar-refractivity contribution in [3.63, 3.8) is 0 Å². The minimum atomic E-state index is 0.223. The number of rotatable bonds is 4. The molecule has 0 unspecified atom stereocenters. The van der Waals surface area contributed by atoms with Crippen LogP contribution in [0.1, 0.15) is 50.7 Å². The van der Waals surface area contributed by atoms with Gasteiger partial charge in [0.15, 0.2) is 0 Å². The Hall–Kier alpha value is -0.410. The molecule has 1 aliphatic rings. The number of nitrogens with one attached hydrogen (secondary N) is 1. The molecule has 0 amide bonds. The highest BCUT2D eigenvalue weighted by Gasteiger charge is 2.38. The predicted octanol–water partition coefficient (Wildman–Crippen LogP) is 3.55. The molecule has 0 bridgehead atoms. The standard InChI is InChI=1S/C14H24N2S/c1-11-16-12(9-17-11)8-14(6-5-7-14)10-15-13(2,3)4/h9,15H,5-8,10H2,1-4H3. The minimum Gasteiger partial charge on any atom is -0.312 e. The quantitative estimate of drug-likeness (QED) is 0.886. The normalized spacial score (nSPS) is 19.1. The van der Waals surface area contributed by atoms with Crippen LogP contribution >= 0.6 is 11.3 Å². The summed E-state index contributed by atoms with van der Waals surface area (Å²) in [6, 6.07) is 0. The van der Waals surface area contributed by atoms with Crippen molar-refractivity contribution in [2.45, 2.75) is 58.9 Å². The topological polar surface area (TPSA) is 24.9 Å². The summed E-state index contributed by atoms with van der Waals surface area (Å²) in [5, 5.41) is 7.09. The molecule has 1 N–H and O–H groups in total. The second kappa shape index (κ2) is 4.69. The number of hydrogen-bond acceptors (Lipinski definition) is 3. The maximum atomic E-state index is 4.61. The van der Waals surface area contributed by atoms with E-state index in [2.05, 4.69) is 43.4 Å². The smallest absolute Gasteiger partial charge is 0.0897 e. The molecule has 17 heavy (non-hydrogen) atoms. The van der Waals surface area contributed by atoms with Crippen LogP contribution in [0.3, 0.4) is 0 Å². The molecule has 0 atom stereocenters. The number of hydrogen-bond donors (Lipinski definition) is 1. The van der Waals surface area contributed by atoms with Crippen LogP contribution in [0.5, 0.6) is 0 Å². The van der Waals surface area contributed by atoms with Crippen molar-refractivity contribution in [1.82, 2.24) is 10.3 Å². The summed E-state index contributed by atoms with van der Waals surface area (Å²) >= 11 is 1.77. The van der Waals surface area contributed by atoms with Gasteiger partial charge in [0.05, 0.1) is 10.7 Å². The van der Waals surface area contributed by atoms with Crippen LogP contribution in [0.2, 0.25) is 0 Å². The first-order valence-corrected chi connectivity index (χ1v) is 7.43. The van der Waals surface area contributed by atoms with Crippen molar-refractivity contribution in [1.29, 1.82) is 0 Å². The van der Waals surface area contributed by atoms with E-state index in [0.717, 1.165) is 13.0 Å². The zero-order chi connectivity index (χ0) is 12.5. The molecule has 1 aliphatic carbocycles. The third-order valence-corrected chi connectivity index (χ3v) is 4.45. The van der Waals surface area contributed by atoms with E-state index in [1.165, 1.54) is 30.0 Å². The fraction of sp³-hybridized carbons (Fsp3) is 0.786. The van der Waals surface area contributed by atoms with Gasteiger partial charge in [-0.1, -0.05) is 6.42 Å². The molecule has 0 aliphatic heterocycles. The Balaban J connectivity index is 1.95. The van der Waals surface area contributed by atoms with E-state index in [0.29, 0.717) is 5.41 Å². The lowest BCUT2D eigenvalue weighted by atomic mass is 9.66. The highest BCUT2D eigenvalue weighted by atomic mass is 32.1. The largest absolute Gasteiger partial charge is 0.312 e. The lowest BCUT2D eigenvalue weighted by molar-refractivity contribution is 0.117. The van der Waals surface area contributed by atoms with Crippen molar-refractivity contribution in [3.05, 3.63) is 16.1 Å². The molecule has 96 valence electrons. The van der Waals surface area contributed by atoms with E-state index in [4.69, 9.17) is 0 Å². The lowest BCUT2D eigenvalue weighted by Gasteiger charge is -2.43. The third-order valence-electron chi connectivity index (χ3n) is 3.63. The second-order valence-electron chi connectivity index (χ2n) is 6.49. The Bertz CT molecular complexity index is 372. The summed E-state index contributed by atoms with van der Waals surface area (Å²) in [6.45, 7) is 9.95. The molecule has 1 fully saturated rings. The molecule has 0 radical (unpaired) electrons. The van der Waals surface area contributed by atoms with Crippen molar-refractivity contribution in [2.24, 2.45) is 5.41 Å². The van der Waals surface area contributed by atoms with Gasteiger partial charge in [0.1, 0.15) is 0 Å². The summed E-state index contributed by atoms with van der Waals surface area (Å²) in [5.74, 6) is 0. The minimum absolute atomic E-state index is 0.223. The molecular formula is C14H24N2S. The fourth-order valence-electron chi connectivity index (χ4n) is 2.42. The van der Waals surface area contributed by atoms with Crippen LogP contribution in [0.15, 0.2) is 5.38 Å².